The van der Waals surface area contributed by atoms with Crippen LogP contribution >= 0.6 is 11.6 Å². The fraction of sp³-hybridized carbons (Fsp3) is 0.500. The van der Waals surface area contributed by atoms with Gasteiger partial charge in [-0.2, -0.15) is 5.26 Å². The van der Waals surface area contributed by atoms with E-state index in [1.165, 1.54) is 0 Å². The maximum atomic E-state index is 8.90. The third-order valence-electron chi connectivity index (χ3n) is 2.83. The van der Waals surface area contributed by atoms with Crippen molar-refractivity contribution in [3.8, 4) is 6.07 Å². The van der Waals surface area contributed by atoms with Crippen molar-refractivity contribution in [2.75, 3.05) is 24.6 Å². The molecular weight excluding hydrogens is 238 g/mol. The van der Waals surface area contributed by atoms with E-state index in [4.69, 9.17) is 21.6 Å². The minimum Gasteiger partial charge on any atom is -0.375 e. The molecule has 1 fully saturated rings. The zero-order valence-corrected chi connectivity index (χ0v) is 10.4. The Labute approximate surface area is 106 Å². The molecule has 1 saturated heterocycles. The van der Waals surface area contributed by atoms with Crippen molar-refractivity contribution in [1.29, 1.82) is 5.26 Å². The molecule has 90 valence electrons. The summed E-state index contributed by atoms with van der Waals surface area (Å²) >= 11 is 5.90. The largest absolute Gasteiger partial charge is 0.375 e. The molecule has 4 nitrogen and oxygen atoms in total. The summed E-state index contributed by atoms with van der Waals surface area (Å²) in [4.78, 5) is 6.37. The minimum atomic E-state index is 0.232. The summed E-state index contributed by atoms with van der Waals surface area (Å²) in [6.07, 6.45) is 1.21. The second-order valence-electron chi connectivity index (χ2n) is 4.00. The highest BCUT2D eigenvalue weighted by atomic mass is 35.5. The summed E-state index contributed by atoms with van der Waals surface area (Å²) in [5.41, 5.74) is 0.541. The van der Waals surface area contributed by atoms with Crippen molar-refractivity contribution in [3.63, 3.8) is 0 Å². The first kappa shape index (κ1) is 12.2. The van der Waals surface area contributed by atoms with Gasteiger partial charge in [-0.25, -0.2) is 4.98 Å². The summed E-state index contributed by atoms with van der Waals surface area (Å²) in [6.45, 7) is 4.37. The molecule has 1 unspecified atom stereocenters. The van der Waals surface area contributed by atoms with Gasteiger partial charge in [0.25, 0.3) is 0 Å². The molecule has 0 radical (unpaired) electrons. The Kier molecular flexibility index (Phi) is 3.82. The van der Waals surface area contributed by atoms with Crippen LogP contribution in [0.2, 0.25) is 5.15 Å². The Morgan fingerprint density at radius 2 is 2.47 bits per heavy atom. The van der Waals surface area contributed by atoms with E-state index in [0.717, 1.165) is 25.3 Å². The Morgan fingerprint density at radius 3 is 3.18 bits per heavy atom. The number of nitriles is 1. The lowest BCUT2D eigenvalue weighted by molar-refractivity contribution is 0.0381. The van der Waals surface area contributed by atoms with Gasteiger partial charge in [0.2, 0.25) is 0 Å². The molecule has 17 heavy (non-hydrogen) atoms. The average molecular weight is 252 g/mol. The first-order valence-electron chi connectivity index (χ1n) is 5.67. The Hall–Kier alpha value is -1.31. The molecule has 5 heteroatoms. The monoisotopic (exact) mass is 251 g/mol. The lowest BCUT2D eigenvalue weighted by atomic mass is 10.2. The summed E-state index contributed by atoms with van der Waals surface area (Å²) in [6, 6.07) is 5.43. The highest BCUT2D eigenvalue weighted by Gasteiger charge is 2.20. The van der Waals surface area contributed by atoms with Gasteiger partial charge < -0.3 is 9.64 Å². The molecule has 2 heterocycles. The van der Waals surface area contributed by atoms with Crippen LogP contribution in [0.3, 0.4) is 0 Å². The molecule has 0 amide bonds. The SMILES string of the molecule is CCC1CN(c2cc(C#N)cc(Cl)n2)CCO1. The zero-order valence-electron chi connectivity index (χ0n) is 9.69. The van der Waals surface area contributed by atoms with E-state index in [2.05, 4.69) is 22.9 Å². The molecule has 0 spiro atoms. The number of rotatable bonds is 2. The van der Waals surface area contributed by atoms with Crippen molar-refractivity contribution in [3.05, 3.63) is 22.8 Å². The van der Waals surface area contributed by atoms with Gasteiger partial charge in [-0.05, 0) is 18.6 Å². The normalized spacial score (nSPS) is 20.1. The molecule has 0 N–H and O–H groups in total. The highest BCUT2D eigenvalue weighted by molar-refractivity contribution is 6.29. The number of hydrogen-bond acceptors (Lipinski definition) is 4. The van der Waals surface area contributed by atoms with Gasteiger partial charge in [-0.3, -0.25) is 0 Å². The van der Waals surface area contributed by atoms with Crippen LogP contribution < -0.4 is 4.90 Å². The smallest absolute Gasteiger partial charge is 0.132 e. The second kappa shape index (κ2) is 5.35. The van der Waals surface area contributed by atoms with E-state index in [0.29, 0.717) is 17.3 Å². The van der Waals surface area contributed by atoms with Crippen molar-refractivity contribution in [2.24, 2.45) is 0 Å². The van der Waals surface area contributed by atoms with Crippen LogP contribution in [-0.2, 0) is 4.74 Å². The maximum absolute atomic E-state index is 8.90. The first-order chi connectivity index (χ1) is 8.22. The summed E-state index contributed by atoms with van der Waals surface area (Å²) in [5, 5.41) is 9.26. The van der Waals surface area contributed by atoms with Crippen molar-refractivity contribution >= 4 is 17.4 Å². The van der Waals surface area contributed by atoms with E-state index < -0.39 is 0 Å². The van der Waals surface area contributed by atoms with Crippen LogP contribution in [0.1, 0.15) is 18.9 Å². The average Bonchev–Trinajstić information content (AvgIpc) is 2.38. The third-order valence-corrected chi connectivity index (χ3v) is 3.02. The van der Waals surface area contributed by atoms with Gasteiger partial charge in [0, 0.05) is 13.1 Å². The first-order valence-corrected chi connectivity index (χ1v) is 6.05. The molecule has 1 aliphatic heterocycles. The fourth-order valence-electron chi connectivity index (χ4n) is 1.88. The van der Waals surface area contributed by atoms with Crippen molar-refractivity contribution in [1.82, 2.24) is 4.98 Å². The number of hydrogen-bond donors (Lipinski definition) is 0. The number of nitrogens with zero attached hydrogens (tertiary/aromatic N) is 3. The van der Waals surface area contributed by atoms with Gasteiger partial charge in [-0.1, -0.05) is 18.5 Å². The topological polar surface area (TPSA) is 49.2 Å². The Morgan fingerprint density at radius 1 is 1.65 bits per heavy atom. The molecule has 0 bridgehead atoms. The van der Waals surface area contributed by atoms with Crippen LogP contribution in [0, 0.1) is 11.3 Å². The van der Waals surface area contributed by atoms with E-state index in [1.54, 1.807) is 12.1 Å². The Bertz CT molecular complexity index is 444. The molecule has 0 aromatic carbocycles. The summed E-state index contributed by atoms with van der Waals surface area (Å²) < 4.78 is 5.60. The van der Waals surface area contributed by atoms with Crippen molar-refractivity contribution in [2.45, 2.75) is 19.4 Å². The minimum absolute atomic E-state index is 0.232. The van der Waals surface area contributed by atoms with Gasteiger partial charge in [0.15, 0.2) is 0 Å². The predicted octanol–water partition coefficient (Wildman–Crippen LogP) is 2.22. The van der Waals surface area contributed by atoms with Gasteiger partial charge >= 0.3 is 0 Å². The molecule has 0 aliphatic carbocycles. The van der Waals surface area contributed by atoms with Gasteiger partial charge in [0.05, 0.1) is 24.3 Å². The van der Waals surface area contributed by atoms with E-state index >= 15 is 0 Å². The molecule has 2 rings (SSSR count). The van der Waals surface area contributed by atoms with E-state index in [9.17, 15) is 0 Å². The maximum Gasteiger partial charge on any atom is 0.132 e. The van der Waals surface area contributed by atoms with Crippen molar-refractivity contribution < 1.29 is 4.74 Å². The molecule has 1 aromatic heterocycles. The Balaban J connectivity index is 2.21. The number of pyridine rings is 1. The molecule has 1 atom stereocenters. The van der Waals surface area contributed by atoms with Crippen LogP contribution in [0.15, 0.2) is 12.1 Å². The number of anilines is 1. The number of ether oxygens (including phenoxy) is 1. The predicted molar refractivity (Wildman–Crippen MR) is 66.2 cm³/mol. The van der Waals surface area contributed by atoms with Crippen LogP contribution in [0.5, 0.6) is 0 Å². The quantitative estimate of drug-likeness (QED) is 0.757. The standard InChI is InChI=1S/C12H14ClN3O/c1-2-10-8-16(3-4-17-10)12-6-9(7-14)5-11(13)15-12/h5-6,10H,2-4,8H2,1H3. The van der Waals surface area contributed by atoms with Gasteiger partial charge in [-0.15, -0.1) is 0 Å². The molecular formula is C12H14ClN3O. The number of aromatic nitrogens is 1. The number of morpholine rings is 1. The number of halogens is 1. The lowest BCUT2D eigenvalue weighted by Crippen LogP contribution is -2.42. The second-order valence-corrected chi connectivity index (χ2v) is 4.38. The zero-order chi connectivity index (χ0) is 12.3. The van der Waals surface area contributed by atoms with Crippen LogP contribution in [0.4, 0.5) is 5.82 Å². The van der Waals surface area contributed by atoms with Gasteiger partial charge in [0.1, 0.15) is 11.0 Å². The third kappa shape index (κ3) is 2.87. The van der Waals surface area contributed by atoms with Crippen LogP contribution in [-0.4, -0.2) is 30.8 Å². The summed E-state index contributed by atoms with van der Waals surface area (Å²) in [7, 11) is 0. The lowest BCUT2D eigenvalue weighted by Gasteiger charge is -2.33. The van der Waals surface area contributed by atoms with E-state index in [1.807, 2.05) is 0 Å². The fourth-order valence-corrected chi connectivity index (χ4v) is 2.09. The summed E-state index contributed by atoms with van der Waals surface area (Å²) in [5.74, 6) is 0.760. The van der Waals surface area contributed by atoms with E-state index in [-0.39, 0.29) is 6.10 Å². The molecule has 0 saturated carbocycles. The highest BCUT2D eigenvalue weighted by Crippen LogP contribution is 2.20. The molecule has 1 aliphatic rings. The van der Waals surface area contributed by atoms with Crippen LogP contribution in [0.25, 0.3) is 0 Å². The molecule has 1 aromatic rings.